The third-order valence-electron chi connectivity index (χ3n) is 5.41. The van der Waals surface area contributed by atoms with E-state index in [0.29, 0.717) is 17.0 Å². The fraction of sp³-hybridized carbons (Fsp3) is 0.462. The van der Waals surface area contributed by atoms with E-state index in [9.17, 15) is 9.18 Å². The van der Waals surface area contributed by atoms with Crippen molar-refractivity contribution in [2.75, 3.05) is 0 Å². The summed E-state index contributed by atoms with van der Waals surface area (Å²) in [5, 5.41) is 0.646. The molecular weight excluding hydrogens is 409 g/mol. The van der Waals surface area contributed by atoms with Gasteiger partial charge in [0.05, 0.1) is 10.2 Å². The Balaban J connectivity index is 1.65. The van der Waals surface area contributed by atoms with Gasteiger partial charge in [0.15, 0.2) is 0 Å². The first-order chi connectivity index (χ1) is 15.1. The SMILES string of the molecule is CCCCCCC(=O)Oc1ccc(-c2nc3ccc(CCCCCC)cc3s2)c(F)c1. The lowest BCUT2D eigenvalue weighted by Gasteiger charge is -2.06. The average molecular weight is 442 g/mol. The Kier molecular flexibility index (Phi) is 9.01. The third kappa shape index (κ3) is 6.86. The highest BCUT2D eigenvalue weighted by molar-refractivity contribution is 7.21. The number of rotatable bonds is 12. The highest BCUT2D eigenvalue weighted by atomic mass is 32.1. The first-order valence-corrected chi connectivity index (χ1v) is 12.3. The lowest BCUT2D eigenvalue weighted by molar-refractivity contribution is -0.134. The molecule has 0 aliphatic rings. The van der Waals surface area contributed by atoms with E-state index in [-0.39, 0.29) is 11.7 Å². The van der Waals surface area contributed by atoms with Crippen LogP contribution in [0.2, 0.25) is 0 Å². The number of benzene rings is 2. The van der Waals surface area contributed by atoms with Gasteiger partial charge in [0.25, 0.3) is 0 Å². The maximum atomic E-state index is 14.8. The topological polar surface area (TPSA) is 39.2 Å². The number of fused-ring (bicyclic) bond motifs is 1. The molecule has 0 bridgehead atoms. The molecule has 31 heavy (non-hydrogen) atoms. The van der Waals surface area contributed by atoms with Crippen LogP contribution >= 0.6 is 11.3 Å². The number of aryl methyl sites for hydroxylation is 1. The summed E-state index contributed by atoms with van der Waals surface area (Å²) in [7, 11) is 0. The second kappa shape index (κ2) is 11.9. The highest BCUT2D eigenvalue weighted by Crippen LogP contribution is 2.34. The van der Waals surface area contributed by atoms with Gasteiger partial charge in [-0.25, -0.2) is 9.37 Å². The molecule has 0 N–H and O–H groups in total. The minimum absolute atomic E-state index is 0.247. The van der Waals surface area contributed by atoms with Crippen molar-refractivity contribution in [2.24, 2.45) is 0 Å². The molecule has 2 aromatic carbocycles. The fourth-order valence-corrected chi connectivity index (χ4v) is 4.66. The molecule has 0 fully saturated rings. The molecule has 0 radical (unpaired) electrons. The molecule has 1 aromatic heterocycles. The van der Waals surface area contributed by atoms with Crippen LogP contribution in [0.5, 0.6) is 5.75 Å². The van der Waals surface area contributed by atoms with Crippen molar-refractivity contribution in [2.45, 2.75) is 78.1 Å². The number of aromatic nitrogens is 1. The summed E-state index contributed by atoms with van der Waals surface area (Å²) in [6.07, 6.45) is 10.4. The highest BCUT2D eigenvalue weighted by Gasteiger charge is 2.14. The Hall–Kier alpha value is -2.27. The van der Waals surface area contributed by atoms with Gasteiger partial charge in [-0.1, -0.05) is 58.4 Å². The fourth-order valence-electron chi connectivity index (χ4n) is 3.61. The Morgan fingerprint density at radius 2 is 1.74 bits per heavy atom. The second-order valence-corrected chi connectivity index (χ2v) is 9.09. The quantitative estimate of drug-likeness (QED) is 0.162. The molecule has 3 rings (SSSR count). The minimum Gasteiger partial charge on any atom is -0.426 e. The van der Waals surface area contributed by atoms with Gasteiger partial charge in [-0.05, 0) is 49.1 Å². The zero-order valence-electron chi connectivity index (χ0n) is 18.6. The summed E-state index contributed by atoms with van der Waals surface area (Å²) >= 11 is 1.50. The summed E-state index contributed by atoms with van der Waals surface area (Å²) in [5.41, 5.74) is 2.63. The van der Waals surface area contributed by atoms with Gasteiger partial charge in [0.2, 0.25) is 0 Å². The average Bonchev–Trinajstić information content (AvgIpc) is 3.17. The number of halogens is 1. The Bertz CT molecular complexity index is 998. The van der Waals surface area contributed by atoms with Crippen molar-refractivity contribution in [3.8, 4) is 16.3 Å². The van der Waals surface area contributed by atoms with E-state index in [2.05, 4.69) is 31.0 Å². The predicted molar refractivity (Wildman–Crippen MR) is 127 cm³/mol. The zero-order chi connectivity index (χ0) is 22.1. The van der Waals surface area contributed by atoms with Gasteiger partial charge < -0.3 is 4.74 Å². The van der Waals surface area contributed by atoms with E-state index in [1.165, 1.54) is 48.6 Å². The third-order valence-corrected chi connectivity index (χ3v) is 6.46. The monoisotopic (exact) mass is 441 g/mol. The molecule has 1 heterocycles. The molecule has 3 aromatic rings. The molecule has 0 atom stereocenters. The molecule has 0 unspecified atom stereocenters. The molecule has 0 amide bonds. The van der Waals surface area contributed by atoms with Gasteiger partial charge in [0, 0.05) is 18.1 Å². The van der Waals surface area contributed by atoms with Gasteiger partial charge in [-0.3, -0.25) is 4.79 Å². The molecule has 0 aliphatic carbocycles. The maximum absolute atomic E-state index is 14.8. The van der Waals surface area contributed by atoms with Crippen molar-refractivity contribution in [3.63, 3.8) is 0 Å². The molecular formula is C26H32FNO2S. The molecule has 3 nitrogen and oxygen atoms in total. The first-order valence-electron chi connectivity index (χ1n) is 11.5. The summed E-state index contributed by atoms with van der Waals surface area (Å²) < 4.78 is 21.1. The van der Waals surface area contributed by atoms with E-state index in [1.54, 1.807) is 12.1 Å². The summed E-state index contributed by atoms with van der Waals surface area (Å²) in [5.74, 6) is -0.484. The number of ether oxygens (including phenoxy) is 1. The van der Waals surface area contributed by atoms with Crippen molar-refractivity contribution < 1.29 is 13.9 Å². The lowest BCUT2D eigenvalue weighted by Crippen LogP contribution is -2.07. The first kappa shape index (κ1) is 23.4. The van der Waals surface area contributed by atoms with E-state index in [1.807, 2.05) is 6.07 Å². The second-order valence-electron chi connectivity index (χ2n) is 8.06. The summed E-state index contributed by atoms with van der Waals surface area (Å²) in [6.45, 7) is 4.34. The van der Waals surface area contributed by atoms with Gasteiger partial charge >= 0.3 is 5.97 Å². The number of nitrogens with zero attached hydrogens (tertiary/aromatic N) is 1. The Morgan fingerprint density at radius 3 is 2.48 bits per heavy atom. The van der Waals surface area contributed by atoms with Gasteiger partial charge in [-0.2, -0.15) is 0 Å². The van der Waals surface area contributed by atoms with Crippen LogP contribution in [0.3, 0.4) is 0 Å². The number of thiazole rings is 1. The van der Waals surface area contributed by atoms with Crippen molar-refractivity contribution >= 4 is 27.5 Å². The van der Waals surface area contributed by atoms with Crippen LogP contribution in [0.25, 0.3) is 20.8 Å². The van der Waals surface area contributed by atoms with Crippen LogP contribution in [0.4, 0.5) is 4.39 Å². The van der Waals surface area contributed by atoms with E-state index in [4.69, 9.17) is 4.74 Å². The van der Waals surface area contributed by atoms with Crippen LogP contribution in [0, 0.1) is 5.82 Å². The smallest absolute Gasteiger partial charge is 0.311 e. The van der Waals surface area contributed by atoms with Crippen LogP contribution in [0.15, 0.2) is 36.4 Å². The van der Waals surface area contributed by atoms with Crippen molar-refractivity contribution in [3.05, 3.63) is 47.8 Å². The van der Waals surface area contributed by atoms with E-state index in [0.717, 1.165) is 42.3 Å². The van der Waals surface area contributed by atoms with Gasteiger partial charge in [0.1, 0.15) is 16.6 Å². The number of unbranched alkanes of at least 4 members (excludes halogenated alkanes) is 6. The van der Waals surface area contributed by atoms with Crippen LogP contribution in [-0.4, -0.2) is 11.0 Å². The standard InChI is InChI=1S/C26H32FNO2S/c1-3-5-7-9-11-19-13-16-23-24(17-19)31-26(28-23)21-15-14-20(18-22(21)27)30-25(29)12-10-8-6-4-2/h13-18H,3-12H2,1-2H3. The van der Waals surface area contributed by atoms with E-state index < -0.39 is 5.82 Å². The number of carbonyl (C=O) groups excluding carboxylic acids is 1. The number of hydrogen-bond acceptors (Lipinski definition) is 4. The molecule has 166 valence electrons. The van der Waals surface area contributed by atoms with Crippen LogP contribution < -0.4 is 4.74 Å². The Morgan fingerprint density at radius 1 is 0.968 bits per heavy atom. The predicted octanol–water partition coefficient (Wildman–Crippen LogP) is 8.10. The summed E-state index contributed by atoms with van der Waals surface area (Å²) in [4.78, 5) is 16.6. The van der Waals surface area contributed by atoms with E-state index >= 15 is 0 Å². The van der Waals surface area contributed by atoms with Crippen LogP contribution in [-0.2, 0) is 11.2 Å². The zero-order valence-corrected chi connectivity index (χ0v) is 19.4. The van der Waals surface area contributed by atoms with Gasteiger partial charge in [-0.15, -0.1) is 11.3 Å². The molecule has 0 saturated carbocycles. The number of carbonyl (C=O) groups is 1. The van der Waals surface area contributed by atoms with Crippen LogP contribution in [0.1, 0.15) is 77.2 Å². The minimum atomic E-state index is -0.421. The molecule has 0 aliphatic heterocycles. The molecule has 0 saturated heterocycles. The van der Waals surface area contributed by atoms with Crippen molar-refractivity contribution in [1.82, 2.24) is 4.98 Å². The summed E-state index contributed by atoms with van der Waals surface area (Å²) in [6, 6.07) is 10.9. The largest absolute Gasteiger partial charge is 0.426 e. The number of hydrogen-bond donors (Lipinski definition) is 0. The number of esters is 1. The Labute approximate surface area is 188 Å². The lowest BCUT2D eigenvalue weighted by atomic mass is 10.1. The molecule has 0 spiro atoms. The normalized spacial score (nSPS) is 11.2. The van der Waals surface area contributed by atoms with Crippen molar-refractivity contribution in [1.29, 1.82) is 0 Å². The molecule has 5 heteroatoms. The maximum Gasteiger partial charge on any atom is 0.311 e.